The minimum Gasteiger partial charge on any atom is -0.457 e. The van der Waals surface area contributed by atoms with Gasteiger partial charge in [0.1, 0.15) is 17.3 Å². The largest absolute Gasteiger partial charge is 0.457 e. The minimum atomic E-state index is 0. The van der Waals surface area contributed by atoms with Crippen molar-refractivity contribution in [2.24, 2.45) is 0 Å². The van der Waals surface area contributed by atoms with Crippen molar-refractivity contribution >= 4 is 27.5 Å². The summed E-state index contributed by atoms with van der Waals surface area (Å²) >= 11 is 0. The fourth-order valence-electron chi connectivity index (χ4n) is 4.31. The van der Waals surface area contributed by atoms with Gasteiger partial charge < -0.3 is 14.5 Å². The summed E-state index contributed by atoms with van der Waals surface area (Å²) in [6.07, 6.45) is 5.97. The molecule has 6 rings (SSSR count). The molecule has 5 aromatic rings. The number of hydrogen-bond acceptors (Lipinski definition) is 4. The van der Waals surface area contributed by atoms with Gasteiger partial charge in [-0.1, -0.05) is 30.3 Å². The predicted octanol–water partition coefficient (Wildman–Crippen LogP) is 6.15. The van der Waals surface area contributed by atoms with Gasteiger partial charge in [-0.25, -0.2) is 4.98 Å². The Balaban J connectivity index is 0.00000228. The van der Waals surface area contributed by atoms with Crippen LogP contribution in [0.5, 0.6) is 11.5 Å². The quantitative estimate of drug-likeness (QED) is 0.244. The SMILES string of the molecule is CN1C=CN(c2cccc(Oc3ccc4c5ccccc5n(-c5ccccn5)c4c3)c2)C1.[Pt]. The fourth-order valence-corrected chi connectivity index (χ4v) is 4.31. The van der Waals surface area contributed by atoms with Crippen molar-refractivity contribution in [2.45, 2.75) is 0 Å². The maximum atomic E-state index is 6.30. The van der Waals surface area contributed by atoms with Crippen molar-refractivity contribution in [3.05, 3.63) is 104 Å². The Bertz CT molecular complexity index is 1460. The summed E-state index contributed by atoms with van der Waals surface area (Å²) in [5.74, 6) is 2.50. The van der Waals surface area contributed by atoms with E-state index in [2.05, 4.69) is 87.3 Å². The Kier molecular flexibility index (Phi) is 5.65. The molecule has 0 atom stereocenters. The Morgan fingerprint density at radius 2 is 1.58 bits per heavy atom. The van der Waals surface area contributed by atoms with Gasteiger partial charge in [0, 0.05) is 75.3 Å². The number of hydrogen-bond donors (Lipinski definition) is 0. The second kappa shape index (κ2) is 8.76. The van der Waals surface area contributed by atoms with E-state index in [1.165, 1.54) is 10.8 Å². The van der Waals surface area contributed by atoms with Gasteiger partial charge in [-0.2, -0.15) is 0 Å². The molecule has 0 radical (unpaired) electrons. The van der Waals surface area contributed by atoms with Crippen LogP contribution in [0.4, 0.5) is 5.69 Å². The summed E-state index contributed by atoms with van der Waals surface area (Å²) in [6, 6.07) is 28.9. The topological polar surface area (TPSA) is 33.5 Å². The van der Waals surface area contributed by atoms with Crippen LogP contribution < -0.4 is 9.64 Å². The van der Waals surface area contributed by atoms with Crippen molar-refractivity contribution < 1.29 is 25.8 Å². The van der Waals surface area contributed by atoms with Gasteiger partial charge in [-0.3, -0.25) is 4.57 Å². The standard InChI is InChI=1S/C27H22N4O.Pt/c1-29-15-16-30(19-29)20-7-6-8-21(17-20)32-22-12-13-24-23-9-2-3-10-25(23)31(26(24)18-22)27-11-4-5-14-28-27;/h2-18H,19H2,1H3;. The van der Waals surface area contributed by atoms with Gasteiger partial charge in [-0.15, -0.1) is 0 Å². The average molecular weight is 614 g/mol. The number of pyridine rings is 1. The number of fused-ring (bicyclic) bond motifs is 3. The Hall–Kier alpha value is -3.56. The molecule has 5 nitrogen and oxygen atoms in total. The summed E-state index contributed by atoms with van der Waals surface area (Å²) in [7, 11) is 2.06. The third-order valence-electron chi connectivity index (χ3n) is 5.79. The molecule has 166 valence electrons. The van der Waals surface area contributed by atoms with Gasteiger partial charge in [0.15, 0.2) is 0 Å². The Morgan fingerprint density at radius 1 is 0.758 bits per heavy atom. The molecule has 3 aromatic carbocycles. The van der Waals surface area contributed by atoms with E-state index in [0.29, 0.717) is 0 Å². The van der Waals surface area contributed by atoms with E-state index in [9.17, 15) is 0 Å². The summed E-state index contributed by atoms with van der Waals surface area (Å²) in [6.45, 7) is 0.833. The summed E-state index contributed by atoms with van der Waals surface area (Å²) in [5, 5.41) is 2.38. The van der Waals surface area contributed by atoms with Crippen molar-refractivity contribution in [1.82, 2.24) is 14.5 Å². The molecule has 2 aromatic heterocycles. The van der Waals surface area contributed by atoms with E-state index in [-0.39, 0.29) is 21.1 Å². The second-order valence-corrected chi connectivity index (χ2v) is 7.99. The van der Waals surface area contributed by atoms with Crippen LogP contribution in [-0.2, 0) is 21.1 Å². The van der Waals surface area contributed by atoms with Gasteiger partial charge in [-0.05, 0) is 42.5 Å². The van der Waals surface area contributed by atoms with Crippen molar-refractivity contribution in [3.63, 3.8) is 0 Å². The summed E-state index contributed by atoms with van der Waals surface area (Å²) < 4.78 is 8.50. The smallest absolute Gasteiger partial charge is 0.137 e. The van der Waals surface area contributed by atoms with Crippen molar-refractivity contribution in [2.75, 3.05) is 18.6 Å². The maximum Gasteiger partial charge on any atom is 0.137 e. The van der Waals surface area contributed by atoms with Gasteiger partial charge in [0.25, 0.3) is 0 Å². The van der Waals surface area contributed by atoms with Gasteiger partial charge in [0.05, 0.1) is 17.7 Å². The molecule has 0 unspecified atom stereocenters. The average Bonchev–Trinajstić information content (AvgIpc) is 3.41. The first-order valence-corrected chi connectivity index (χ1v) is 10.6. The number of ether oxygens (including phenoxy) is 1. The number of aromatic nitrogens is 2. The molecule has 0 amide bonds. The number of nitrogens with zero attached hydrogens (tertiary/aromatic N) is 4. The van der Waals surface area contributed by atoms with Crippen LogP contribution in [0.3, 0.4) is 0 Å². The molecule has 0 N–H and O–H groups in total. The number of para-hydroxylation sites is 1. The van der Waals surface area contributed by atoms with E-state index in [4.69, 9.17) is 4.74 Å². The van der Waals surface area contributed by atoms with E-state index in [1.54, 1.807) is 0 Å². The number of anilines is 1. The summed E-state index contributed by atoms with van der Waals surface area (Å²) in [4.78, 5) is 8.93. The Labute approximate surface area is 206 Å². The van der Waals surface area contributed by atoms with Crippen LogP contribution in [0.25, 0.3) is 27.6 Å². The molecule has 6 heteroatoms. The van der Waals surface area contributed by atoms with Gasteiger partial charge in [0.2, 0.25) is 0 Å². The minimum absolute atomic E-state index is 0. The predicted molar refractivity (Wildman–Crippen MR) is 129 cm³/mol. The molecule has 3 heterocycles. The fraction of sp³-hybridized carbons (Fsp3) is 0.0741. The number of benzene rings is 3. The van der Waals surface area contributed by atoms with Crippen LogP contribution >= 0.6 is 0 Å². The van der Waals surface area contributed by atoms with Crippen LogP contribution in [0, 0.1) is 0 Å². The molecular formula is C27H22N4OPt. The number of rotatable bonds is 4. The second-order valence-electron chi connectivity index (χ2n) is 7.99. The van der Waals surface area contributed by atoms with Crippen LogP contribution in [-0.4, -0.2) is 28.2 Å². The molecular weight excluding hydrogens is 591 g/mol. The van der Waals surface area contributed by atoms with Crippen LogP contribution in [0.1, 0.15) is 0 Å². The molecule has 33 heavy (non-hydrogen) atoms. The maximum absolute atomic E-state index is 6.30. The molecule has 0 aliphatic carbocycles. The summed E-state index contributed by atoms with van der Waals surface area (Å²) in [5.41, 5.74) is 3.31. The molecule has 0 fully saturated rings. The third kappa shape index (κ3) is 3.90. The van der Waals surface area contributed by atoms with E-state index in [0.717, 1.165) is 40.7 Å². The molecule has 0 spiro atoms. The molecule has 1 aliphatic heterocycles. The van der Waals surface area contributed by atoms with E-state index < -0.39 is 0 Å². The van der Waals surface area contributed by atoms with Crippen LogP contribution in [0.2, 0.25) is 0 Å². The normalized spacial score (nSPS) is 13.0. The van der Waals surface area contributed by atoms with Crippen molar-refractivity contribution in [3.8, 4) is 17.3 Å². The molecule has 0 bridgehead atoms. The van der Waals surface area contributed by atoms with Crippen molar-refractivity contribution in [1.29, 1.82) is 0 Å². The van der Waals surface area contributed by atoms with Gasteiger partial charge >= 0.3 is 0 Å². The zero-order valence-corrected chi connectivity index (χ0v) is 20.3. The molecule has 0 saturated carbocycles. The Morgan fingerprint density at radius 3 is 2.39 bits per heavy atom. The first-order chi connectivity index (χ1) is 15.8. The molecule has 1 aliphatic rings. The van der Waals surface area contributed by atoms with Crippen LogP contribution in [0.15, 0.2) is 104 Å². The van der Waals surface area contributed by atoms with E-state index >= 15 is 0 Å². The first-order valence-electron chi connectivity index (χ1n) is 10.6. The van der Waals surface area contributed by atoms with E-state index in [1.807, 2.05) is 42.6 Å². The first kappa shape index (κ1) is 21.3. The third-order valence-corrected chi connectivity index (χ3v) is 5.79. The zero-order chi connectivity index (χ0) is 21.5. The molecule has 0 saturated heterocycles. The monoisotopic (exact) mass is 613 g/mol. The zero-order valence-electron chi connectivity index (χ0n) is 18.0.